The molecular formula is C22H23N7O4. The Bertz CT molecular complexity index is 1330. The van der Waals surface area contributed by atoms with Crippen LogP contribution in [-0.2, 0) is 13.1 Å². The summed E-state index contributed by atoms with van der Waals surface area (Å²) in [5.41, 5.74) is 4.97. The van der Waals surface area contributed by atoms with E-state index >= 15 is 0 Å². The molecule has 0 saturated carbocycles. The van der Waals surface area contributed by atoms with Crippen LogP contribution < -0.4 is 5.32 Å². The lowest BCUT2D eigenvalue weighted by Crippen LogP contribution is -2.17. The molecule has 0 spiro atoms. The SMILES string of the molecule is Cc1ccc(Cn2nc(C)c(NC(=O)c3noc(C)c3Cn3ccc([N+](=O)[O-])n3)c2C)cc1. The number of aromatic nitrogens is 5. The van der Waals surface area contributed by atoms with Crippen LogP contribution in [0.4, 0.5) is 11.5 Å². The smallest absolute Gasteiger partial charge is 0.361 e. The van der Waals surface area contributed by atoms with Gasteiger partial charge < -0.3 is 20.0 Å². The summed E-state index contributed by atoms with van der Waals surface area (Å²) in [5, 5.41) is 26.1. The molecule has 0 saturated heterocycles. The largest absolute Gasteiger partial charge is 0.389 e. The molecule has 4 rings (SSSR count). The van der Waals surface area contributed by atoms with Crippen LogP contribution >= 0.6 is 0 Å². The third-order valence-corrected chi connectivity index (χ3v) is 5.41. The van der Waals surface area contributed by atoms with Crippen LogP contribution in [-0.4, -0.2) is 35.5 Å². The quantitative estimate of drug-likeness (QED) is 0.337. The molecule has 0 aliphatic rings. The molecule has 0 fully saturated rings. The van der Waals surface area contributed by atoms with Crippen molar-refractivity contribution in [1.82, 2.24) is 24.7 Å². The molecule has 1 amide bonds. The topological polar surface area (TPSA) is 134 Å². The Morgan fingerprint density at radius 2 is 1.82 bits per heavy atom. The van der Waals surface area contributed by atoms with Gasteiger partial charge in [-0.25, -0.2) is 0 Å². The highest BCUT2D eigenvalue weighted by Crippen LogP contribution is 2.23. The number of rotatable bonds is 7. The number of carbonyl (C=O) groups is 1. The van der Waals surface area contributed by atoms with Gasteiger partial charge in [-0.2, -0.15) is 9.78 Å². The summed E-state index contributed by atoms with van der Waals surface area (Å²) in [6.07, 6.45) is 1.47. The zero-order chi connectivity index (χ0) is 23.7. The predicted molar refractivity (Wildman–Crippen MR) is 119 cm³/mol. The van der Waals surface area contributed by atoms with Gasteiger partial charge in [0.15, 0.2) is 5.69 Å². The van der Waals surface area contributed by atoms with E-state index in [1.807, 2.05) is 49.7 Å². The number of carbonyl (C=O) groups excluding carboxylic acids is 1. The molecule has 0 atom stereocenters. The van der Waals surface area contributed by atoms with Crippen molar-refractivity contribution >= 4 is 17.4 Å². The molecule has 4 aromatic rings. The van der Waals surface area contributed by atoms with E-state index in [1.54, 1.807) is 6.92 Å². The fraction of sp³-hybridized carbons (Fsp3) is 0.273. The maximum Gasteiger partial charge on any atom is 0.389 e. The Hall–Kier alpha value is -4.28. The number of nitrogens with zero attached hydrogens (tertiary/aromatic N) is 6. The highest BCUT2D eigenvalue weighted by atomic mass is 16.6. The van der Waals surface area contributed by atoms with Gasteiger partial charge in [0.1, 0.15) is 5.76 Å². The normalized spacial score (nSPS) is 11.0. The molecule has 3 heterocycles. The van der Waals surface area contributed by atoms with Gasteiger partial charge in [-0.1, -0.05) is 35.0 Å². The van der Waals surface area contributed by atoms with E-state index in [9.17, 15) is 14.9 Å². The average Bonchev–Trinajstić information content (AvgIpc) is 3.46. The third-order valence-electron chi connectivity index (χ3n) is 5.41. The van der Waals surface area contributed by atoms with E-state index in [4.69, 9.17) is 4.52 Å². The Morgan fingerprint density at radius 3 is 2.48 bits per heavy atom. The minimum absolute atomic E-state index is 0.0933. The van der Waals surface area contributed by atoms with Crippen LogP contribution in [0.2, 0.25) is 0 Å². The Kier molecular flexibility index (Phi) is 5.78. The van der Waals surface area contributed by atoms with Crippen molar-refractivity contribution in [2.24, 2.45) is 0 Å². The molecule has 33 heavy (non-hydrogen) atoms. The van der Waals surface area contributed by atoms with E-state index in [0.717, 1.165) is 11.3 Å². The maximum absolute atomic E-state index is 13.1. The lowest BCUT2D eigenvalue weighted by molar-refractivity contribution is -0.389. The van der Waals surface area contributed by atoms with Crippen molar-refractivity contribution in [3.8, 4) is 0 Å². The second kappa shape index (κ2) is 8.69. The van der Waals surface area contributed by atoms with Crippen molar-refractivity contribution in [2.45, 2.75) is 40.8 Å². The van der Waals surface area contributed by atoms with Crippen LogP contribution in [0.5, 0.6) is 0 Å². The van der Waals surface area contributed by atoms with Crippen molar-refractivity contribution in [1.29, 1.82) is 0 Å². The van der Waals surface area contributed by atoms with E-state index in [2.05, 4.69) is 20.7 Å². The first-order valence-corrected chi connectivity index (χ1v) is 10.3. The summed E-state index contributed by atoms with van der Waals surface area (Å²) in [7, 11) is 0. The maximum atomic E-state index is 13.1. The minimum atomic E-state index is -0.579. The van der Waals surface area contributed by atoms with E-state index in [0.29, 0.717) is 29.2 Å². The van der Waals surface area contributed by atoms with Crippen LogP contribution in [0.15, 0.2) is 41.1 Å². The summed E-state index contributed by atoms with van der Waals surface area (Å²) in [6.45, 7) is 8.11. The molecule has 3 aromatic heterocycles. The Labute approximate surface area is 189 Å². The van der Waals surface area contributed by atoms with Gasteiger partial charge in [-0.15, -0.1) is 0 Å². The Balaban J connectivity index is 1.54. The zero-order valence-corrected chi connectivity index (χ0v) is 18.7. The highest BCUT2D eigenvalue weighted by Gasteiger charge is 2.24. The monoisotopic (exact) mass is 449 g/mol. The number of nitrogens with one attached hydrogen (secondary N) is 1. The van der Waals surface area contributed by atoms with Gasteiger partial charge in [0.2, 0.25) is 0 Å². The van der Waals surface area contributed by atoms with Gasteiger partial charge in [-0.05, 0) is 38.2 Å². The molecule has 0 unspecified atom stereocenters. The van der Waals surface area contributed by atoms with Gasteiger partial charge in [0, 0.05) is 0 Å². The van der Waals surface area contributed by atoms with Crippen molar-refractivity contribution in [2.75, 3.05) is 5.32 Å². The first kappa shape index (κ1) is 21.9. The molecule has 0 aliphatic carbocycles. The lowest BCUT2D eigenvalue weighted by atomic mass is 10.1. The number of aryl methyl sites for hydroxylation is 3. The summed E-state index contributed by atoms with van der Waals surface area (Å²) < 4.78 is 8.43. The second-order valence-electron chi connectivity index (χ2n) is 7.84. The molecule has 1 aromatic carbocycles. The summed E-state index contributed by atoms with van der Waals surface area (Å²) in [5.74, 6) is -0.297. The van der Waals surface area contributed by atoms with Crippen LogP contribution in [0, 0.1) is 37.8 Å². The van der Waals surface area contributed by atoms with E-state index < -0.39 is 10.8 Å². The number of amides is 1. The lowest BCUT2D eigenvalue weighted by Gasteiger charge is -2.07. The predicted octanol–water partition coefficient (Wildman–Crippen LogP) is 3.56. The summed E-state index contributed by atoms with van der Waals surface area (Å²) >= 11 is 0. The molecule has 0 bridgehead atoms. The summed E-state index contributed by atoms with van der Waals surface area (Å²) in [4.78, 5) is 23.4. The molecule has 1 N–H and O–H groups in total. The van der Waals surface area contributed by atoms with E-state index in [1.165, 1.54) is 22.5 Å². The second-order valence-corrected chi connectivity index (χ2v) is 7.84. The summed E-state index contributed by atoms with van der Waals surface area (Å²) in [6, 6.07) is 9.48. The first-order chi connectivity index (χ1) is 15.7. The number of nitro groups is 1. The molecular weight excluding hydrogens is 426 g/mol. The molecule has 0 radical (unpaired) electrons. The van der Waals surface area contributed by atoms with Crippen LogP contribution in [0.1, 0.15) is 44.3 Å². The number of anilines is 1. The fourth-order valence-electron chi connectivity index (χ4n) is 3.53. The number of benzene rings is 1. The van der Waals surface area contributed by atoms with Crippen LogP contribution in [0.25, 0.3) is 0 Å². The van der Waals surface area contributed by atoms with Gasteiger partial charge in [0.05, 0.1) is 53.1 Å². The van der Waals surface area contributed by atoms with Crippen molar-refractivity contribution in [3.05, 3.63) is 86.2 Å². The van der Waals surface area contributed by atoms with Gasteiger partial charge in [-0.3, -0.25) is 9.48 Å². The molecule has 170 valence electrons. The van der Waals surface area contributed by atoms with Gasteiger partial charge >= 0.3 is 5.82 Å². The highest BCUT2D eigenvalue weighted by molar-refractivity contribution is 6.04. The van der Waals surface area contributed by atoms with Crippen LogP contribution in [0.3, 0.4) is 0 Å². The van der Waals surface area contributed by atoms with Crippen molar-refractivity contribution in [3.63, 3.8) is 0 Å². The van der Waals surface area contributed by atoms with Crippen molar-refractivity contribution < 1.29 is 14.2 Å². The standard InChI is InChI=1S/C22H23N7O4/c1-13-5-7-17(8-6-13)11-28-15(3)20(14(2)24-28)23-22(30)21-18(16(4)33-26-21)12-27-10-9-19(25-27)29(31)32/h5-10H,11-12H2,1-4H3,(H,23,30). The number of hydrogen-bond acceptors (Lipinski definition) is 7. The number of hydrogen-bond donors (Lipinski definition) is 1. The van der Waals surface area contributed by atoms with E-state index in [-0.39, 0.29) is 18.1 Å². The molecule has 11 nitrogen and oxygen atoms in total. The first-order valence-electron chi connectivity index (χ1n) is 10.3. The zero-order valence-electron chi connectivity index (χ0n) is 18.7. The van der Waals surface area contributed by atoms with Gasteiger partial charge in [0.25, 0.3) is 5.91 Å². The fourth-order valence-corrected chi connectivity index (χ4v) is 3.53. The third kappa shape index (κ3) is 4.52. The average molecular weight is 449 g/mol. The minimum Gasteiger partial charge on any atom is -0.361 e. The molecule has 0 aliphatic heterocycles. The Morgan fingerprint density at radius 1 is 1.09 bits per heavy atom. The molecule has 11 heteroatoms.